The van der Waals surface area contributed by atoms with Gasteiger partial charge in [-0.25, -0.2) is 0 Å². The Balaban J connectivity index is 2.83. The lowest BCUT2D eigenvalue weighted by molar-refractivity contribution is -0.276. The Hall–Kier alpha value is -0.120. The molecule has 2 atom stereocenters. The van der Waals surface area contributed by atoms with Crippen LogP contribution in [0.4, 0.5) is 0 Å². The monoisotopic (exact) mass is 257 g/mol. The van der Waals surface area contributed by atoms with E-state index in [1.807, 2.05) is 0 Å². The van der Waals surface area contributed by atoms with Crippen molar-refractivity contribution in [3.63, 3.8) is 0 Å². The zero-order chi connectivity index (χ0) is 14.0. The molecular formula is C15H31NO2. The first-order valence-electron chi connectivity index (χ1n) is 7.29. The fourth-order valence-electron chi connectivity index (χ4n) is 3.15. The van der Waals surface area contributed by atoms with E-state index >= 15 is 0 Å². The lowest BCUT2D eigenvalue weighted by Gasteiger charge is -2.41. The Labute approximate surface area is 113 Å². The van der Waals surface area contributed by atoms with Crippen molar-refractivity contribution in [3.8, 4) is 0 Å². The van der Waals surface area contributed by atoms with E-state index in [1.165, 1.54) is 6.42 Å². The van der Waals surface area contributed by atoms with Crippen LogP contribution in [0.5, 0.6) is 0 Å². The normalized spacial score (nSPS) is 28.5. The van der Waals surface area contributed by atoms with E-state index in [0.29, 0.717) is 6.10 Å². The first kappa shape index (κ1) is 15.9. The molecule has 0 radical (unpaired) electrons. The Morgan fingerprint density at radius 2 is 1.83 bits per heavy atom. The summed E-state index contributed by atoms with van der Waals surface area (Å²) in [5, 5.41) is 2.19. The first-order valence-corrected chi connectivity index (χ1v) is 7.29. The molecule has 18 heavy (non-hydrogen) atoms. The number of rotatable bonds is 6. The second kappa shape index (κ2) is 5.89. The van der Waals surface area contributed by atoms with Crippen LogP contribution in [0.2, 0.25) is 0 Å². The van der Waals surface area contributed by atoms with Crippen molar-refractivity contribution in [2.75, 3.05) is 7.11 Å². The molecule has 0 amide bonds. The molecule has 1 saturated heterocycles. The maximum atomic E-state index is 6.32. The highest BCUT2D eigenvalue weighted by Gasteiger charge is 2.53. The quantitative estimate of drug-likeness (QED) is 0.723. The van der Waals surface area contributed by atoms with Gasteiger partial charge in [0.05, 0.1) is 17.7 Å². The molecule has 1 aliphatic heterocycles. The van der Waals surface area contributed by atoms with E-state index in [1.54, 1.807) is 7.11 Å². The third-order valence-electron chi connectivity index (χ3n) is 4.15. The number of nitrogens with zero attached hydrogens (tertiary/aromatic N) is 1. The smallest absolute Gasteiger partial charge is 0.0791 e. The molecule has 3 heteroatoms. The van der Waals surface area contributed by atoms with Crippen LogP contribution in [0.3, 0.4) is 0 Å². The highest BCUT2D eigenvalue weighted by molar-refractivity contribution is 5.03. The molecule has 0 aromatic carbocycles. The van der Waals surface area contributed by atoms with Crippen LogP contribution in [0, 0.1) is 0 Å². The number of hydrogen-bond donors (Lipinski definition) is 0. The van der Waals surface area contributed by atoms with Gasteiger partial charge in [0.25, 0.3) is 0 Å². The highest BCUT2D eigenvalue weighted by Crippen LogP contribution is 2.43. The molecule has 1 fully saturated rings. The predicted molar refractivity (Wildman–Crippen MR) is 75.5 cm³/mol. The third-order valence-corrected chi connectivity index (χ3v) is 4.15. The van der Waals surface area contributed by atoms with Gasteiger partial charge in [-0.3, -0.25) is 4.84 Å². The van der Waals surface area contributed by atoms with Crippen molar-refractivity contribution < 1.29 is 9.57 Å². The largest absolute Gasteiger partial charge is 0.379 e. The zero-order valence-electron chi connectivity index (χ0n) is 13.2. The summed E-state index contributed by atoms with van der Waals surface area (Å²) in [7, 11) is 1.80. The Bertz CT molecular complexity index is 263. The minimum Gasteiger partial charge on any atom is -0.379 e. The minimum atomic E-state index is -0.0700. The summed E-state index contributed by atoms with van der Waals surface area (Å²) in [5.74, 6) is 0. The molecule has 0 aromatic heterocycles. The van der Waals surface area contributed by atoms with E-state index in [-0.39, 0.29) is 17.2 Å². The Kier molecular flexibility index (Phi) is 5.22. The van der Waals surface area contributed by atoms with E-state index in [2.05, 4.69) is 46.6 Å². The maximum absolute atomic E-state index is 6.32. The summed E-state index contributed by atoms with van der Waals surface area (Å²) >= 11 is 0. The van der Waals surface area contributed by atoms with Crippen molar-refractivity contribution >= 4 is 0 Å². The SMILES string of the molecule is CCCC(CC)ON1C(C)(C)CC(OC)C1(C)C. The van der Waals surface area contributed by atoms with Gasteiger partial charge < -0.3 is 4.74 Å². The average Bonchev–Trinajstić information content (AvgIpc) is 2.46. The predicted octanol–water partition coefficient (Wildman–Crippen LogP) is 3.77. The van der Waals surface area contributed by atoms with Gasteiger partial charge in [0.1, 0.15) is 0 Å². The van der Waals surface area contributed by atoms with Gasteiger partial charge in [-0.05, 0) is 47.0 Å². The lowest BCUT2D eigenvalue weighted by atomic mass is 9.97. The second-order valence-electron chi connectivity index (χ2n) is 6.61. The summed E-state index contributed by atoms with van der Waals surface area (Å²) in [5.41, 5.74) is -0.0370. The zero-order valence-corrected chi connectivity index (χ0v) is 13.2. The fourth-order valence-corrected chi connectivity index (χ4v) is 3.15. The van der Waals surface area contributed by atoms with Gasteiger partial charge in [0.15, 0.2) is 0 Å². The van der Waals surface area contributed by atoms with Crippen LogP contribution in [0.25, 0.3) is 0 Å². The van der Waals surface area contributed by atoms with E-state index in [0.717, 1.165) is 19.3 Å². The average molecular weight is 257 g/mol. The molecule has 0 spiro atoms. The fraction of sp³-hybridized carbons (Fsp3) is 1.00. The summed E-state index contributed by atoms with van der Waals surface area (Å²) in [6, 6.07) is 0. The topological polar surface area (TPSA) is 21.7 Å². The molecule has 1 heterocycles. The van der Waals surface area contributed by atoms with Crippen LogP contribution in [0.15, 0.2) is 0 Å². The molecule has 0 aliphatic carbocycles. The lowest BCUT2D eigenvalue weighted by Crippen LogP contribution is -2.52. The van der Waals surface area contributed by atoms with Crippen molar-refractivity contribution in [2.45, 2.75) is 90.5 Å². The third kappa shape index (κ3) is 3.06. The van der Waals surface area contributed by atoms with E-state index < -0.39 is 0 Å². The van der Waals surface area contributed by atoms with Gasteiger partial charge in [0, 0.05) is 12.6 Å². The Morgan fingerprint density at radius 3 is 2.22 bits per heavy atom. The van der Waals surface area contributed by atoms with Crippen molar-refractivity contribution in [1.29, 1.82) is 0 Å². The van der Waals surface area contributed by atoms with Gasteiger partial charge in [0.2, 0.25) is 0 Å². The molecule has 0 aromatic rings. The van der Waals surface area contributed by atoms with Crippen molar-refractivity contribution in [3.05, 3.63) is 0 Å². The standard InChI is InChI=1S/C15H31NO2/c1-8-10-12(9-2)18-16-14(3,4)11-13(17-7)15(16,5)6/h12-13H,8-11H2,1-7H3. The van der Waals surface area contributed by atoms with E-state index in [9.17, 15) is 0 Å². The summed E-state index contributed by atoms with van der Waals surface area (Å²) < 4.78 is 5.65. The van der Waals surface area contributed by atoms with Crippen LogP contribution in [-0.2, 0) is 9.57 Å². The molecule has 1 rings (SSSR count). The Morgan fingerprint density at radius 1 is 1.22 bits per heavy atom. The molecule has 0 N–H and O–H groups in total. The second-order valence-corrected chi connectivity index (χ2v) is 6.61. The van der Waals surface area contributed by atoms with Crippen molar-refractivity contribution in [2.24, 2.45) is 0 Å². The molecular weight excluding hydrogens is 226 g/mol. The van der Waals surface area contributed by atoms with Crippen LogP contribution < -0.4 is 0 Å². The molecule has 0 saturated carbocycles. The number of hydroxylamine groups is 2. The van der Waals surface area contributed by atoms with E-state index in [4.69, 9.17) is 9.57 Å². The minimum absolute atomic E-state index is 0.0331. The molecule has 108 valence electrons. The summed E-state index contributed by atoms with van der Waals surface area (Å²) in [6.45, 7) is 13.3. The number of ether oxygens (including phenoxy) is 1. The van der Waals surface area contributed by atoms with Crippen LogP contribution in [0.1, 0.15) is 67.2 Å². The summed E-state index contributed by atoms with van der Waals surface area (Å²) in [6.07, 6.45) is 4.92. The van der Waals surface area contributed by atoms with Gasteiger partial charge in [-0.15, -0.1) is 0 Å². The summed E-state index contributed by atoms with van der Waals surface area (Å²) in [4.78, 5) is 6.32. The number of hydrogen-bond acceptors (Lipinski definition) is 3. The highest BCUT2D eigenvalue weighted by atomic mass is 16.7. The molecule has 3 nitrogen and oxygen atoms in total. The van der Waals surface area contributed by atoms with Gasteiger partial charge in [-0.2, -0.15) is 5.06 Å². The first-order chi connectivity index (χ1) is 8.29. The van der Waals surface area contributed by atoms with Crippen LogP contribution in [-0.4, -0.2) is 35.5 Å². The maximum Gasteiger partial charge on any atom is 0.0791 e. The molecule has 0 bridgehead atoms. The van der Waals surface area contributed by atoms with Crippen molar-refractivity contribution in [1.82, 2.24) is 5.06 Å². The number of methoxy groups -OCH3 is 1. The molecule has 2 unspecified atom stereocenters. The van der Waals surface area contributed by atoms with Gasteiger partial charge in [-0.1, -0.05) is 20.3 Å². The van der Waals surface area contributed by atoms with Gasteiger partial charge >= 0.3 is 0 Å². The van der Waals surface area contributed by atoms with Crippen LogP contribution >= 0.6 is 0 Å². The molecule has 1 aliphatic rings.